The van der Waals surface area contributed by atoms with E-state index < -0.39 is 0 Å². The Balaban J connectivity index is 2.11. The Kier molecular flexibility index (Phi) is 3.07. The van der Waals surface area contributed by atoms with E-state index in [1.165, 1.54) is 11.1 Å². The summed E-state index contributed by atoms with van der Waals surface area (Å²) < 4.78 is 0. The van der Waals surface area contributed by atoms with Crippen molar-refractivity contribution >= 4 is 5.91 Å². The average molecular weight is 266 g/mol. The van der Waals surface area contributed by atoms with E-state index >= 15 is 0 Å². The lowest BCUT2D eigenvalue weighted by Gasteiger charge is -2.52. The Morgan fingerprint density at radius 2 is 1.35 bits per heavy atom. The molecule has 0 saturated carbocycles. The molecule has 3 rings (SSSR count). The van der Waals surface area contributed by atoms with Gasteiger partial charge in [-0.05, 0) is 18.1 Å². The number of carbonyl (C=O) groups excluding carboxylic acids is 1. The molecule has 2 aromatic carbocycles. The van der Waals surface area contributed by atoms with Crippen molar-refractivity contribution in [3.63, 3.8) is 0 Å². The molecule has 1 aliphatic heterocycles. The maximum atomic E-state index is 11.6. The molecule has 1 aliphatic rings. The Bertz CT molecular complexity index is 570. The highest BCUT2D eigenvalue weighted by atomic mass is 16.2. The quantitative estimate of drug-likeness (QED) is 0.852. The number of rotatable bonds is 3. The third kappa shape index (κ3) is 1.82. The third-order valence-electron chi connectivity index (χ3n) is 4.20. The summed E-state index contributed by atoms with van der Waals surface area (Å²) in [5.41, 5.74) is 2.04. The Morgan fingerprint density at radius 1 is 0.900 bits per heavy atom. The van der Waals surface area contributed by atoms with Crippen LogP contribution >= 0.6 is 0 Å². The van der Waals surface area contributed by atoms with Gasteiger partial charge in [0.05, 0.1) is 5.54 Å². The first-order valence-corrected chi connectivity index (χ1v) is 6.79. The first-order chi connectivity index (χ1) is 9.64. The molecule has 0 N–H and O–H groups in total. The van der Waals surface area contributed by atoms with Gasteiger partial charge < -0.3 is 0 Å². The molecule has 0 aromatic heterocycles. The zero-order valence-corrected chi connectivity index (χ0v) is 11.8. The van der Waals surface area contributed by atoms with E-state index in [4.69, 9.17) is 0 Å². The van der Waals surface area contributed by atoms with Crippen LogP contribution in [0.2, 0.25) is 0 Å². The van der Waals surface area contributed by atoms with Crippen LogP contribution in [0, 0.1) is 0 Å². The van der Waals surface area contributed by atoms with Crippen LogP contribution in [-0.2, 0) is 10.3 Å². The van der Waals surface area contributed by atoms with Gasteiger partial charge in [0.2, 0.25) is 0 Å². The summed E-state index contributed by atoms with van der Waals surface area (Å²) in [7, 11) is 1.83. The van der Waals surface area contributed by atoms with Crippen molar-refractivity contribution in [1.82, 2.24) is 10.0 Å². The van der Waals surface area contributed by atoms with Crippen molar-refractivity contribution in [3.8, 4) is 0 Å². The molecule has 20 heavy (non-hydrogen) atoms. The van der Waals surface area contributed by atoms with E-state index in [2.05, 4.69) is 36.2 Å². The van der Waals surface area contributed by atoms with Crippen molar-refractivity contribution in [2.45, 2.75) is 12.5 Å². The van der Waals surface area contributed by atoms with Crippen LogP contribution in [0.15, 0.2) is 60.7 Å². The zero-order valence-electron chi connectivity index (χ0n) is 11.8. The second kappa shape index (κ2) is 4.76. The monoisotopic (exact) mass is 266 g/mol. The van der Waals surface area contributed by atoms with E-state index in [1.807, 2.05) is 43.4 Å². The Hall–Kier alpha value is -2.13. The zero-order chi connectivity index (χ0) is 14.2. The summed E-state index contributed by atoms with van der Waals surface area (Å²) in [6.45, 7) is 2.62. The lowest BCUT2D eigenvalue weighted by atomic mass is 9.83. The van der Waals surface area contributed by atoms with Gasteiger partial charge in [-0.25, -0.2) is 0 Å². The maximum Gasteiger partial charge on any atom is 0.252 e. The molecule has 1 fully saturated rings. The molecule has 0 spiro atoms. The van der Waals surface area contributed by atoms with E-state index in [9.17, 15) is 4.79 Å². The predicted octanol–water partition coefficient (Wildman–Crippen LogP) is 2.64. The molecule has 102 valence electrons. The number of carbonyl (C=O) groups is 1. The normalized spacial score (nSPS) is 16.1. The van der Waals surface area contributed by atoms with Gasteiger partial charge >= 0.3 is 0 Å². The lowest BCUT2D eigenvalue weighted by molar-refractivity contribution is -0.188. The number of benzene rings is 2. The molecule has 0 radical (unpaired) electrons. The topological polar surface area (TPSA) is 23.6 Å². The minimum atomic E-state index is -0.328. The highest BCUT2D eigenvalue weighted by Gasteiger charge is 2.46. The van der Waals surface area contributed by atoms with Crippen molar-refractivity contribution < 1.29 is 4.79 Å². The largest absolute Gasteiger partial charge is 0.276 e. The van der Waals surface area contributed by atoms with Gasteiger partial charge in [-0.15, -0.1) is 0 Å². The van der Waals surface area contributed by atoms with Gasteiger partial charge in [0.15, 0.2) is 0 Å². The lowest BCUT2D eigenvalue weighted by Crippen LogP contribution is -2.66. The van der Waals surface area contributed by atoms with E-state index in [-0.39, 0.29) is 11.4 Å². The highest BCUT2D eigenvalue weighted by Crippen LogP contribution is 2.38. The van der Waals surface area contributed by atoms with Crippen LogP contribution in [0.4, 0.5) is 0 Å². The molecule has 0 aliphatic carbocycles. The number of amides is 1. The average Bonchev–Trinajstić information content (AvgIpc) is 2.53. The summed E-state index contributed by atoms with van der Waals surface area (Å²) in [4.78, 5) is 11.6. The molecule has 2 aromatic rings. The molecular formula is C17H18N2O. The van der Waals surface area contributed by atoms with Crippen LogP contribution in [0.5, 0.6) is 0 Å². The Morgan fingerprint density at radius 3 is 1.70 bits per heavy atom. The molecule has 1 heterocycles. The maximum absolute atomic E-state index is 11.6. The molecule has 1 saturated heterocycles. The van der Waals surface area contributed by atoms with E-state index in [0.717, 1.165) is 0 Å². The van der Waals surface area contributed by atoms with Gasteiger partial charge in [0.25, 0.3) is 5.91 Å². The molecule has 3 nitrogen and oxygen atoms in total. The number of hydrogen-bond acceptors (Lipinski definition) is 2. The fourth-order valence-electron chi connectivity index (χ4n) is 2.84. The van der Waals surface area contributed by atoms with Crippen LogP contribution in [0.1, 0.15) is 18.1 Å². The molecule has 3 heteroatoms. The van der Waals surface area contributed by atoms with Gasteiger partial charge in [-0.3, -0.25) is 9.80 Å². The second-order valence-electron chi connectivity index (χ2n) is 5.28. The SMILES string of the molecule is CN1C(=O)CN1C(C)(c1ccccc1)c1ccccc1. The van der Waals surface area contributed by atoms with Crippen LogP contribution in [-0.4, -0.2) is 29.5 Å². The van der Waals surface area contributed by atoms with Crippen LogP contribution in [0.3, 0.4) is 0 Å². The first kappa shape index (κ1) is 12.9. The molecular weight excluding hydrogens is 248 g/mol. The summed E-state index contributed by atoms with van der Waals surface area (Å²) in [6, 6.07) is 20.6. The van der Waals surface area contributed by atoms with E-state index in [0.29, 0.717) is 6.54 Å². The summed E-state index contributed by atoms with van der Waals surface area (Å²) in [5.74, 6) is 0.156. The summed E-state index contributed by atoms with van der Waals surface area (Å²) in [5, 5.41) is 3.82. The van der Waals surface area contributed by atoms with Crippen molar-refractivity contribution in [2.24, 2.45) is 0 Å². The van der Waals surface area contributed by atoms with Gasteiger partial charge in [-0.2, -0.15) is 5.01 Å². The van der Waals surface area contributed by atoms with Crippen molar-refractivity contribution in [3.05, 3.63) is 71.8 Å². The summed E-state index contributed by atoms with van der Waals surface area (Å²) in [6.07, 6.45) is 0. The highest BCUT2D eigenvalue weighted by molar-refractivity contribution is 5.82. The number of nitrogens with zero attached hydrogens (tertiary/aromatic N) is 2. The molecule has 0 bridgehead atoms. The Labute approximate surface area is 119 Å². The molecule has 1 amide bonds. The minimum absolute atomic E-state index is 0.156. The number of likely N-dealkylation sites (N-methyl/N-ethyl adjacent to an activating group) is 1. The molecule has 0 unspecified atom stereocenters. The van der Waals surface area contributed by atoms with E-state index in [1.54, 1.807) is 5.01 Å². The van der Waals surface area contributed by atoms with Gasteiger partial charge in [0.1, 0.15) is 6.54 Å². The molecule has 0 atom stereocenters. The van der Waals surface area contributed by atoms with Crippen molar-refractivity contribution in [1.29, 1.82) is 0 Å². The fraction of sp³-hybridized carbons (Fsp3) is 0.235. The minimum Gasteiger partial charge on any atom is -0.276 e. The van der Waals surface area contributed by atoms with Crippen LogP contribution < -0.4 is 0 Å². The second-order valence-corrected chi connectivity index (χ2v) is 5.28. The van der Waals surface area contributed by atoms with Crippen LogP contribution in [0.25, 0.3) is 0 Å². The summed E-state index contributed by atoms with van der Waals surface area (Å²) >= 11 is 0. The third-order valence-corrected chi connectivity index (χ3v) is 4.20. The number of hydrogen-bond donors (Lipinski definition) is 0. The standard InChI is InChI=1S/C17H18N2O/c1-17(14-9-5-3-6-10-14,15-11-7-4-8-12-15)19-13-16(20)18(19)2/h3-12H,13H2,1-2H3. The number of hydrazine groups is 1. The predicted molar refractivity (Wildman–Crippen MR) is 78.8 cm³/mol. The van der Waals surface area contributed by atoms with Crippen molar-refractivity contribution in [2.75, 3.05) is 13.6 Å². The smallest absolute Gasteiger partial charge is 0.252 e. The van der Waals surface area contributed by atoms with Gasteiger partial charge in [0, 0.05) is 7.05 Å². The fourth-order valence-corrected chi connectivity index (χ4v) is 2.84. The van der Waals surface area contributed by atoms with Gasteiger partial charge in [-0.1, -0.05) is 60.7 Å². The first-order valence-electron chi connectivity index (χ1n) is 6.79.